The zero-order valence-electron chi connectivity index (χ0n) is 13.9. The van der Waals surface area contributed by atoms with Crippen LogP contribution in [0.25, 0.3) is 0 Å². The lowest BCUT2D eigenvalue weighted by Crippen LogP contribution is -2.30. The van der Waals surface area contributed by atoms with Crippen LogP contribution in [0.4, 0.5) is 11.4 Å². The summed E-state index contributed by atoms with van der Waals surface area (Å²) in [5, 5.41) is 17.0. The van der Waals surface area contributed by atoms with Crippen LogP contribution in [0.1, 0.15) is 23.9 Å². The molecule has 0 saturated carbocycles. The van der Waals surface area contributed by atoms with Gasteiger partial charge in [-0.05, 0) is 26.8 Å². The number of nitro benzene ring substituents is 1. The van der Waals surface area contributed by atoms with Gasteiger partial charge in [-0.15, -0.1) is 0 Å². The second-order valence-corrected chi connectivity index (χ2v) is 5.41. The molecular formula is C16H17N3O6. The fourth-order valence-electron chi connectivity index (χ4n) is 2.13. The summed E-state index contributed by atoms with van der Waals surface area (Å²) >= 11 is 0. The summed E-state index contributed by atoms with van der Waals surface area (Å²) in [4.78, 5) is 34.2. The van der Waals surface area contributed by atoms with Crippen molar-refractivity contribution in [3.05, 3.63) is 51.4 Å². The van der Waals surface area contributed by atoms with Crippen LogP contribution in [0, 0.1) is 24.0 Å². The molecule has 1 amide bonds. The van der Waals surface area contributed by atoms with Crippen LogP contribution in [0.2, 0.25) is 0 Å². The molecule has 0 aliphatic rings. The Labute approximate surface area is 143 Å². The highest BCUT2D eigenvalue weighted by atomic mass is 16.6. The molecule has 0 aliphatic carbocycles. The van der Waals surface area contributed by atoms with E-state index in [0.29, 0.717) is 17.0 Å². The number of nitrogens with zero attached hydrogens (tertiary/aromatic N) is 2. The summed E-state index contributed by atoms with van der Waals surface area (Å²) in [5.74, 6) is -0.674. The van der Waals surface area contributed by atoms with Gasteiger partial charge in [0.1, 0.15) is 5.76 Å². The first-order valence-corrected chi connectivity index (χ1v) is 7.44. The van der Waals surface area contributed by atoms with E-state index in [1.807, 2.05) is 0 Å². The number of amides is 1. The maximum absolute atomic E-state index is 12.1. The minimum Gasteiger partial charge on any atom is -0.452 e. The lowest BCUT2D eigenvalue weighted by atomic mass is 10.1. The molecule has 0 radical (unpaired) electrons. The molecule has 2 rings (SSSR count). The van der Waals surface area contributed by atoms with E-state index in [0.717, 1.165) is 0 Å². The molecule has 9 nitrogen and oxygen atoms in total. The minimum atomic E-state index is -1.06. The Morgan fingerprint density at radius 1 is 1.40 bits per heavy atom. The van der Waals surface area contributed by atoms with Gasteiger partial charge in [-0.25, -0.2) is 0 Å². The number of hydrogen-bond donors (Lipinski definition) is 1. The van der Waals surface area contributed by atoms with Crippen LogP contribution >= 0.6 is 0 Å². The summed E-state index contributed by atoms with van der Waals surface area (Å²) in [5.41, 5.74) is 1.30. The second kappa shape index (κ2) is 7.56. The van der Waals surface area contributed by atoms with Crippen molar-refractivity contribution in [2.75, 3.05) is 5.32 Å². The van der Waals surface area contributed by atoms with E-state index in [4.69, 9.17) is 9.26 Å². The van der Waals surface area contributed by atoms with Crippen molar-refractivity contribution in [3.8, 4) is 0 Å². The third kappa shape index (κ3) is 4.63. The SMILES string of the molecule is Cc1noc(C)c1CC(=O)OC(C)C(=O)Nc1cccc([N+](=O)[O-])c1. The first-order chi connectivity index (χ1) is 11.8. The molecule has 0 fully saturated rings. The average Bonchev–Trinajstić information content (AvgIpc) is 2.86. The fraction of sp³-hybridized carbons (Fsp3) is 0.312. The number of carbonyl (C=O) groups excluding carboxylic acids is 2. The average molecular weight is 347 g/mol. The van der Waals surface area contributed by atoms with Crippen LogP contribution in [0.15, 0.2) is 28.8 Å². The van der Waals surface area contributed by atoms with Gasteiger partial charge in [0.2, 0.25) is 0 Å². The highest BCUT2D eigenvalue weighted by Gasteiger charge is 2.21. The Kier molecular flexibility index (Phi) is 5.48. The van der Waals surface area contributed by atoms with Crippen molar-refractivity contribution < 1.29 is 23.8 Å². The zero-order chi connectivity index (χ0) is 18.6. The molecule has 0 saturated heterocycles. The van der Waals surface area contributed by atoms with Crippen molar-refractivity contribution in [1.82, 2.24) is 5.16 Å². The number of ether oxygens (including phenoxy) is 1. The summed E-state index contributed by atoms with van der Waals surface area (Å²) < 4.78 is 10.1. The summed E-state index contributed by atoms with van der Waals surface area (Å²) in [6.45, 7) is 4.80. The van der Waals surface area contributed by atoms with Gasteiger partial charge in [-0.1, -0.05) is 11.2 Å². The number of anilines is 1. The molecule has 1 atom stereocenters. The Balaban J connectivity index is 1.95. The van der Waals surface area contributed by atoms with Gasteiger partial charge in [0.25, 0.3) is 11.6 Å². The molecule has 0 bridgehead atoms. The van der Waals surface area contributed by atoms with Crippen LogP contribution < -0.4 is 5.32 Å². The molecule has 1 aromatic carbocycles. The van der Waals surface area contributed by atoms with E-state index in [1.54, 1.807) is 13.8 Å². The fourth-order valence-corrected chi connectivity index (χ4v) is 2.13. The second-order valence-electron chi connectivity index (χ2n) is 5.41. The predicted octanol–water partition coefficient (Wildman–Crippen LogP) is 2.31. The van der Waals surface area contributed by atoms with Gasteiger partial charge in [0, 0.05) is 23.4 Å². The molecule has 25 heavy (non-hydrogen) atoms. The number of aryl methyl sites for hydroxylation is 2. The lowest BCUT2D eigenvalue weighted by Gasteiger charge is -2.13. The van der Waals surface area contributed by atoms with Crippen molar-refractivity contribution in [2.45, 2.75) is 33.3 Å². The summed E-state index contributed by atoms with van der Waals surface area (Å²) in [6.07, 6.45) is -1.12. The number of esters is 1. The van der Waals surface area contributed by atoms with Crippen LogP contribution in [0.5, 0.6) is 0 Å². The number of aromatic nitrogens is 1. The summed E-state index contributed by atoms with van der Waals surface area (Å²) in [7, 11) is 0. The van der Waals surface area contributed by atoms with E-state index in [9.17, 15) is 19.7 Å². The third-order valence-corrected chi connectivity index (χ3v) is 3.50. The highest BCUT2D eigenvalue weighted by Crippen LogP contribution is 2.18. The number of nitrogens with one attached hydrogen (secondary N) is 1. The third-order valence-electron chi connectivity index (χ3n) is 3.50. The molecule has 1 heterocycles. The molecule has 1 unspecified atom stereocenters. The Bertz CT molecular complexity index is 794. The van der Waals surface area contributed by atoms with Gasteiger partial charge in [-0.2, -0.15) is 0 Å². The van der Waals surface area contributed by atoms with Crippen molar-refractivity contribution >= 4 is 23.3 Å². The molecular weight excluding hydrogens is 330 g/mol. The van der Waals surface area contributed by atoms with Crippen LogP contribution in [-0.2, 0) is 20.7 Å². The molecule has 0 aliphatic heterocycles. The largest absolute Gasteiger partial charge is 0.452 e. The maximum Gasteiger partial charge on any atom is 0.311 e. The molecule has 2 aromatic rings. The van der Waals surface area contributed by atoms with E-state index in [1.165, 1.54) is 31.2 Å². The van der Waals surface area contributed by atoms with Crippen molar-refractivity contribution in [1.29, 1.82) is 0 Å². The quantitative estimate of drug-likeness (QED) is 0.483. The summed E-state index contributed by atoms with van der Waals surface area (Å²) in [6, 6.07) is 5.48. The number of nitro groups is 1. The molecule has 132 valence electrons. The monoisotopic (exact) mass is 347 g/mol. The Hall–Kier alpha value is -3.23. The number of benzene rings is 1. The topological polar surface area (TPSA) is 125 Å². The highest BCUT2D eigenvalue weighted by molar-refractivity contribution is 5.95. The predicted molar refractivity (Wildman–Crippen MR) is 87.0 cm³/mol. The maximum atomic E-state index is 12.1. The Morgan fingerprint density at radius 3 is 2.72 bits per heavy atom. The minimum absolute atomic E-state index is 0.0599. The van der Waals surface area contributed by atoms with Crippen LogP contribution in [-0.4, -0.2) is 28.1 Å². The van der Waals surface area contributed by atoms with Gasteiger partial charge in [0.05, 0.1) is 17.0 Å². The van der Waals surface area contributed by atoms with Gasteiger partial charge >= 0.3 is 5.97 Å². The first kappa shape index (κ1) is 18.1. The molecule has 1 N–H and O–H groups in total. The smallest absolute Gasteiger partial charge is 0.311 e. The number of non-ortho nitro benzene ring substituents is 1. The Morgan fingerprint density at radius 2 is 2.12 bits per heavy atom. The van der Waals surface area contributed by atoms with Gasteiger partial charge < -0.3 is 14.6 Å². The van der Waals surface area contributed by atoms with Crippen molar-refractivity contribution in [3.63, 3.8) is 0 Å². The van der Waals surface area contributed by atoms with Gasteiger partial charge in [-0.3, -0.25) is 19.7 Å². The first-order valence-electron chi connectivity index (χ1n) is 7.44. The molecule has 1 aromatic heterocycles. The van der Waals surface area contributed by atoms with Crippen molar-refractivity contribution in [2.24, 2.45) is 0 Å². The molecule has 0 spiro atoms. The van der Waals surface area contributed by atoms with E-state index in [-0.39, 0.29) is 17.8 Å². The van der Waals surface area contributed by atoms with Crippen LogP contribution in [0.3, 0.4) is 0 Å². The normalized spacial score (nSPS) is 11.6. The molecule has 9 heteroatoms. The van der Waals surface area contributed by atoms with E-state index in [2.05, 4.69) is 10.5 Å². The number of hydrogen-bond acceptors (Lipinski definition) is 7. The lowest BCUT2D eigenvalue weighted by molar-refractivity contribution is -0.384. The van der Waals surface area contributed by atoms with Gasteiger partial charge in [0.15, 0.2) is 6.10 Å². The number of carbonyl (C=O) groups is 2. The van der Waals surface area contributed by atoms with E-state index < -0.39 is 22.9 Å². The zero-order valence-corrected chi connectivity index (χ0v) is 13.9. The number of rotatable bonds is 6. The standard InChI is InChI=1S/C16H17N3O6/c1-9-14(10(2)25-18-9)8-15(20)24-11(3)16(21)17-12-5-4-6-13(7-12)19(22)23/h4-7,11H,8H2,1-3H3,(H,17,21). The van der Waals surface area contributed by atoms with E-state index >= 15 is 0 Å².